The number of hydrogen-bond acceptors (Lipinski definition) is 3. The molecular weight excluding hydrogens is 182 g/mol. The van der Waals surface area contributed by atoms with Gasteiger partial charge in [-0.2, -0.15) is 0 Å². The molecule has 0 saturated heterocycles. The first-order chi connectivity index (χ1) is 6.61. The fourth-order valence-corrected chi connectivity index (χ4v) is 1.67. The summed E-state index contributed by atoms with van der Waals surface area (Å²) < 4.78 is 0. The fourth-order valence-electron chi connectivity index (χ4n) is 1.67. The lowest BCUT2D eigenvalue weighted by atomic mass is 10.0. The van der Waals surface area contributed by atoms with Crippen LogP contribution >= 0.6 is 0 Å². The van der Waals surface area contributed by atoms with E-state index in [0.717, 1.165) is 5.56 Å². The van der Waals surface area contributed by atoms with E-state index in [1.807, 2.05) is 0 Å². The van der Waals surface area contributed by atoms with Crippen molar-refractivity contribution in [2.45, 2.75) is 6.54 Å². The highest BCUT2D eigenvalue weighted by molar-refractivity contribution is 6.06. The number of hydrogen-bond donors (Lipinski definition) is 0. The maximum atomic E-state index is 11.6. The highest BCUT2D eigenvalue weighted by Crippen LogP contribution is 2.24. The van der Waals surface area contributed by atoms with E-state index in [0.29, 0.717) is 6.54 Å². The van der Waals surface area contributed by atoms with Gasteiger partial charge in [-0.15, -0.1) is 0 Å². The van der Waals surface area contributed by atoms with Crippen molar-refractivity contribution < 1.29 is 14.7 Å². The van der Waals surface area contributed by atoms with Crippen LogP contribution in [0.3, 0.4) is 0 Å². The maximum Gasteiger partial charge on any atom is 0.254 e. The lowest BCUT2D eigenvalue weighted by molar-refractivity contribution is -0.255. The van der Waals surface area contributed by atoms with Gasteiger partial charge in [0.1, 0.15) is 0 Å². The van der Waals surface area contributed by atoms with Gasteiger partial charge >= 0.3 is 0 Å². The number of benzene rings is 1. The van der Waals surface area contributed by atoms with Crippen molar-refractivity contribution in [3.8, 4) is 0 Å². The molecule has 4 nitrogen and oxygen atoms in total. The first kappa shape index (κ1) is 8.74. The Morgan fingerprint density at radius 1 is 1.50 bits per heavy atom. The van der Waals surface area contributed by atoms with Crippen LogP contribution in [0.15, 0.2) is 18.2 Å². The number of carboxylic acids is 1. The van der Waals surface area contributed by atoms with Crippen molar-refractivity contribution in [1.82, 2.24) is 4.90 Å². The van der Waals surface area contributed by atoms with Gasteiger partial charge in [0.2, 0.25) is 0 Å². The minimum Gasteiger partial charge on any atom is -0.545 e. The Morgan fingerprint density at radius 3 is 2.86 bits per heavy atom. The van der Waals surface area contributed by atoms with Crippen molar-refractivity contribution >= 4 is 11.9 Å². The van der Waals surface area contributed by atoms with Gasteiger partial charge in [-0.05, 0) is 5.56 Å². The van der Waals surface area contributed by atoms with Gasteiger partial charge in [0, 0.05) is 19.2 Å². The molecule has 0 unspecified atom stereocenters. The highest BCUT2D eigenvalue weighted by Gasteiger charge is 2.26. The Balaban J connectivity index is 2.64. The summed E-state index contributed by atoms with van der Waals surface area (Å²) in [5.41, 5.74) is 1.01. The molecule has 0 bridgehead atoms. The van der Waals surface area contributed by atoms with E-state index in [2.05, 4.69) is 0 Å². The molecule has 0 saturated carbocycles. The third-order valence-electron chi connectivity index (χ3n) is 2.34. The monoisotopic (exact) mass is 190 g/mol. The molecule has 1 aromatic carbocycles. The van der Waals surface area contributed by atoms with Crippen molar-refractivity contribution in [3.05, 3.63) is 34.9 Å². The van der Waals surface area contributed by atoms with E-state index in [4.69, 9.17) is 0 Å². The summed E-state index contributed by atoms with van der Waals surface area (Å²) in [4.78, 5) is 23.8. The lowest BCUT2D eigenvalue weighted by Crippen LogP contribution is -2.26. The van der Waals surface area contributed by atoms with Crippen LogP contribution in [0, 0.1) is 0 Å². The number of carboxylic acid groups (broad SMARTS) is 1. The zero-order valence-corrected chi connectivity index (χ0v) is 7.61. The molecule has 14 heavy (non-hydrogen) atoms. The van der Waals surface area contributed by atoms with Crippen molar-refractivity contribution in [2.24, 2.45) is 0 Å². The normalized spacial score (nSPS) is 14.4. The van der Waals surface area contributed by atoms with Crippen LogP contribution in [0.4, 0.5) is 0 Å². The van der Waals surface area contributed by atoms with Crippen LogP contribution in [-0.2, 0) is 6.54 Å². The topological polar surface area (TPSA) is 60.4 Å². The van der Waals surface area contributed by atoms with Gasteiger partial charge in [-0.1, -0.05) is 18.2 Å². The molecule has 0 fully saturated rings. The number of fused-ring (bicyclic) bond motifs is 1. The SMILES string of the molecule is CN1Cc2cccc(C(=O)[O-])c2C1=O. The van der Waals surface area contributed by atoms with E-state index in [1.54, 1.807) is 19.2 Å². The largest absolute Gasteiger partial charge is 0.545 e. The molecular formula is C10H8NO3-. The molecule has 0 N–H and O–H groups in total. The minimum absolute atomic E-state index is 0.0168. The van der Waals surface area contributed by atoms with Gasteiger partial charge in [-0.25, -0.2) is 0 Å². The zero-order chi connectivity index (χ0) is 10.3. The van der Waals surface area contributed by atoms with E-state index >= 15 is 0 Å². The predicted octanol–water partition coefficient (Wildman–Crippen LogP) is -0.364. The second-order valence-electron chi connectivity index (χ2n) is 3.29. The highest BCUT2D eigenvalue weighted by atomic mass is 16.4. The summed E-state index contributed by atoms with van der Waals surface area (Å²) in [7, 11) is 1.64. The molecule has 0 aromatic heterocycles. The second-order valence-corrected chi connectivity index (χ2v) is 3.29. The zero-order valence-electron chi connectivity index (χ0n) is 7.61. The van der Waals surface area contributed by atoms with Crippen molar-refractivity contribution in [2.75, 3.05) is 7.05 Å². The molecule has 1 aromatic rings. The molecule has 1 aliphatic heterocycles. The molecule has 1 amide bonds. The van der Waals surface area contributed by atoms with Crippen LogP contribution in [0.2, 0.25) is 0 Å². The quantitative estimate of drug-likeness (QED) is 0.607. The summed E-state index contributed by atoms with van der Waals surface area (Å²) in [6.45, 7) is 0.468. The summed E-state index contributed by atoms with van der Waals surface area (Å²) in [5, 5.41) is 10.7. The van der Waals surface area contributed by atoms with Crippen LogP contribution < -0.4 is 5.11 Å². The molecule has 1 heterocycles. The Bertz CT molecular complexity index is 425. The summed E-state index contributed by atoms with van der Waals surface area (Å²) >= 11 is 0. The first-order valence-corrected chi connectivity index (χ1v) is 4.20. The van der Waals surface area contributed by atoms with Crippen LogP contribution in [0.5, 0.6) is 0 Å². The second kappa shape index (κ2) is 2.83. The number of rotatable bonds is 1. The Kier molecular flexibility index (Phi) is 1.77. The number of carbonyl (C=O) groups excluding carboxylic acids is 2. The number of nitrogens with zero attached hydrogens (tertiary/aromatic N) is 1. The van der Waals surface area contributed by atoms with E-state index in [1.165, 1.54) is 11.0 Å². The Labute approximate surface area is 80.8 Å². The predicted molar refractivity (Wildman–Crippen MR) is 46.6 cm³/mol. The maximum absolute atomic E-state index is 11.6. The van der Waals surface area contributed by atoms with Crippen LogP contribution in [0.1, 0.15) is 26.3 Å². The van der Waals surface area contributed by atoms with Crippen molar-refractivity contribution in [3.63, 3.8) is 0 Å². The molecule has 72 valence electrons. The fraction of sp³-hybridized carbons (Fsp3) is 0.200. The average molecular weight is 190 g/mol. The van der Waals surface area contributed by atoms with E-state index in [9.17, 15) is 14.7 Å². The standard InChI is InChI=1S/C10H9NO3/c1-11-5-6-3-2-4-7(10(13)14)8(6)9(11)12/h2-4H,5H2,1H3,(H,13,14)/p-1. The van der Waals surface area contributed by atoms with Gasteiger partial charge in [0.05, 0.1) is 11.5 Å². The molecule has 0 atom stereocenters. The molecule has 1 aliphatic rings. The molecule has 0 radical (unpaired) electrons. The van der Waals surface area contributed by atoms with Gasteiger partial charge < -0.3 is 14.8 Å². The Morgan fingerprint density at radius 2 is 2.21 bits per heavy atom. The third kappa shape index (κ3) is 1.08. The first-order valence-electron chi connectivity index (χ1n) is 4.20. The lowest BCUT2D eigenvalue weighted by Gasteiger charge is -2.07. The summed E-state index contributed by atoms with van der Waals surface area (Å²) in [6, 6.07) is 4.77. The van der Waals surface area contributed by atoms with Crippen molar-refractivity contribution in [1.29, 1.82) is 0 Å². The molecule has 4 heteroatoms. The van der Waals surface area contributed by atoms with Gasteiger partial charge in [0.15, 0.2) is 0 Å². The number of aromatic carboxylic acids is 1. The smallest absolute Gasteiger partial charge is 0.254 e. The average Bonchev–Trinajstić information content (AvgIpc) is 2.43. The van der Waals surface area contributed by atoms with Crippen LogP contribution in [0.25, 0.3) is 0 Å². The third-order valence-corrected chi connectivity index (χ3v) is 2.34. The molecule has 0 aliphatic carbocycles. The van der Waals surface area contributed by atoms with E-state index in [-0.39, 0.29) is 17.0 Å². The van der Waals surface area contributed by atoms with Gasteiger partial charge in [-0.3, -0.25) is 4.79 Å². The summed E-state index contributed by atoms with van der Waals surface area (Å²) in [5.74, 6) is -1.55. The molecule has 2 rings (SSSR count). The number of carbonyl (C=O) groups is 2. The Hall–Kier alpha value is -1.84. The summed E-state index contributed by atoms with van der Waals surface area (Å²) in [6.07, 6.45) is 0. The number of amides is 1. The minimum atomic E-state index is -1.30. The van der Waals surface area contributed by atoms with Crippen LogP contribution in [-0.4, -0.2) is 23.8 Å². The van der Waals surface area contributed by atoms with Gasteiger partial charge in [0.25, 0.3) is 5.91 Å². The molecule has 0 spiro atoms. The van der Waals surface area contributed by atoms with E-state index < -0.39 is 5.97 Å².